The van der Waals surface area contributed by atoms with E-state index in [2.05, 4.69) is 43.6 Å². The van der Waals surface area contributed by atoms with Crippen molar-refractivity contribution in [2.75, 3.05) is 0 Å². The van der Waals surface area contributed by atoms with E-state index in [0.717, 1.165) is 12.8 Å². The van der Waals surface area contributed by atoms with Crippen LogP contribution in [0.15, 0.2) is 34.6 Å². The van der Waals surface area contributed by atoms with Gasteiger partial charge in [0.25, 0.3) is 0 Å². The third-order valence-electron chi connectivity index (χ3n) is 1.26. The summed E-state index contributed by atoms with van der Waals surface area (Å²) >= 11 is 1.78. The van der Waals surface area contributed by atoms with Crippen molar-refractivity contribution in [2.45, 2.75) is 61.3 Å². The molecule has 0 aromatic rings. The van der Waals surface area contributed by atoms with Crippen LogP contribution in [-0.2, 0) is 0 Å². The van der Waals surface area contributed by atoms with Crippen molar-refractivity contribution in [2.24, 2.45) is 0 Å². The molecule has 0 heterocycles. The summed E-state index contributed by atoms with van der Waals surface area (Å²) in [5, 5.41) is 2.11. The Bertz CT molecular complexity index is 176. The third-order valence-corrected chi connectivity index (χ3v) is 2.25. The fourth-order valence-corrected chi connectivity index (χ4v) is 1.47. The van der Waals surface area contributed by atoms with E-state index >= 15 is 0 Å². The highest BCUT2D eigenvalue weighted by molar-refractivity contribution is 8.06. The van der Waals surface area contributed by atoms with Gasteiger partial charge in [-0.2, -0.15) is 0 Å². The minimum absolute atomic E-state index is 1.11. The normalized spacial score (nSPS) is 10.8. The Morgan fingerprint density at radius 3 is 1.94 bits per heavy atom. The van der Waals surface area contributed by atoms with Gasteiger partial charge in [-0.25, -0.2) is 0 Å². The monoisotopic (exact) mass is 242 g/mol. The Labute approximate surface area is 108 Å². The molecule has 0 aliphatic heterocycles. The molecule has 0 bridgehead atoms. The predicted octanol–water partition coefficient (Wildman–Crippen LogP) is 6.57. The summed E-state index contributed by atoms with van der Waals surface area (Å²) in [6.07, 6.45) is 10.9. The van der Waals surface area contributed by atoms with Crippen molar-refractivity contribution in [1.82, 2.24) is 0 Å². The molecule has 0 aliphatic rings. The molecule has 16 heavy (non-hydrogen) atoms. The van der Waals surface area contributed by atoms with Crippen LogP contribution in [0, 0.1) is 0 Å². The average Bonchev–Trinajstić information content (AvgIpc) is 2.37. The molecule has 1 heteroatoms. The highest BCUT2D eigenvalue weighted by Gasteiger charge is 1.86. The number of thioether (sulfide) groups is 1. The van der Waals surface area contributed by atoms with E-state index in [0.29, 0.717) is 0 Å². The van der Waals surface area contributed by atoms with E-state index in [1.165, 1.54) is 4.91 Å². The van der Waals surface area contributed by atoms with Gasteiger partial charge in [-0.15, -0.1) is 0 Å². The summed E-state index contributed by atoms with van der Waals surface area (Å²) in [5.74, 6) is 0. The molecule has 0 unspecified atom stereocenters. The minimum atomic E-state index is 1.11. The Kier molecular flexibility index (Phi) is 31.4. The Morgan fingerprint density at radius 1 is 1.00 bits per heavy atom. The highest BCUT2D eigenvalue weighted by Crippen LogP contribution is 2.19. The van der Waals surface area contributed by atoms with Crippen molar-refractivity contribution >= 4 is 11.8 Å². The maximum atomic E-state index is 2.25. The molecule has 0 radical (unpaired) electrons. The maximum absolute atomic E-state index is 2.25. The van der Waals surface area contributed by atoms with E-state index in [1.54, 1.807) is 11.8 Å². The van der Waals surface area contributed by atoms with Crippen LogP contribution < -0.4 is 0 Å². The second kappa shape index (κ2) is 24.0. The molecule has 0 fully saturated rings. The van der Waals surface area contributed by atoms with Crippen LogP contribution in [0.1, 0.15) is 61.3 Å². The summed E-state index contributed by atoms with van der Waals surface area (Å²) in [7, 11) is 0. The second-order valence-electron chi connectivity index (χ2n) is 2.41. The van der Waals surface area contributed by atoms with Crippen LogP contribution in [-0.4, -0.2) is 0 Å². The van der Waals surface area contributed by atoms with Gasteiger partial charge in [0.2, 0.25) is 0 Å². The molecule has 0 saturated carbocycles. The molecule has 0 N–H and O–H groups in total. The summed E-state index contributed by atoms with van der Waals surface area (Å²) in [6, 6.07) is 0. The standard InChI is InChI=1S/C11H18S.2C2H6/c1-4-7-9-11(8-5-2)12-10-6-3;2*1-2/h6-10H,4-5H2,1-3H3;2*1-2H3/b9-7+,10-6-,11-8-;;. The van der Waals surface area contributed by atoms with Crippen LogP contribution in [0.25, 0.3) is 0 Å². The lowest BCUT2D eigenvalue weighted by Crippen LogP contribution is -1.68. The summed E-state index contributed by atoms with van der Waals surface area (Å²) in [5.41, 5.74) is 0. The maximum Gasteiger partial charge on any atom is 0.00725 e. The lowest BCUT2D eigenvalue weighted by molar-refractivity contribution is 1.21. The van der Waals surface area contributed by atoms with E-state index in [4.69, 9.17) is 0 Å². The number of rotatable bonds is 5. The van der Waals surface area contributed by atoms with Gasteiger partial charge in [0.05, 0.1) is 0 Å². The largest absolute Gasteiger partial charge is 0.0988 e. The third kappa shape index (κ3) is 19.2. The summed E-state index contributed by atoms with van der Waals surface area (Å²) < 4.78 is 0. The van der Waals surface area contributed by atoms with E-state index < -0.39 is 0 Å². The molecule has 0 aromatic heterocycles. The van der Waals surface area contributed by atoms with Crippen molar-refractivity contribution in [3.8, 4) is 0 Å². The average molecular weight is 242 g/mol. The van der Waals surface area contributed by atoms with Gasteiger partial charge in [-0.05, 0) is 25.2 Å². The smallest absolute Gasteiger partial charge is 0.00725 e. The Hall–Kier alpha value is -0.430. The quantitative estimate of drug-likeness (QED) is 0.491. The molecular weight excluding hydrogens is 212 g/mol. The van der Waals surface area contributed by atoms with Crippen molar-refractivity contribution < 1.29 is 0 Å². The molecule has 0 nitrogen and oxygen atoms in total. The zero-order chi connectivity index (χ0) is 13.2. The first-order chi connectivity index (χ1) is 7.85. The van der Waals surface area contributed by atoms with Gasteiger partial charge in [0.1, 0.15) is 0 Å². The van der Waals surface area contributed by atoms with Gasteiger partial charge in [0.15, 0.2) is 0 Å². The van der Waals surface area contributed by atoms with E-state index in [1.807, 2.05) is 34.6 Å². The first-order valence-corrected chi connectivity index (χ1v) is 7.37. The molecule has 96 valence electrons. The van der Waals surface area contributed by atoms with Gasteiger partial charge in [-0.3, -0.25) is 0 Å². The summed E-state index contributed by atoms with van der Waals surface area (Å²) in [6.45, 7) is 14.4. The molecule has 0 aliphatic carbocycles. The van der Waals surface area contributed by atoms with Gasteiger partial charge in [0, 0.05) is 4.91 Å². The predicted molar refractivity (Wildman–Crippen MR) is 82.9 cm³/mol. The van der Waals surface area contributed by atoms with Gasteiger partial charge >= 0.3 is 0 Å². The molecule has 0 aromatic carbocycles. The van der Waals surface area contributed by atoms with Crippen molar-refractivity contribution in [3.63, 3.8) is 0 Å². The lowest BCUT2D eigenvalue weighted by atomic mass is 10.3. The number of hydrogen-bond acceptors (Lipinski definition) is 1. The van der Waals surface area contributed by atoms with Gasteiger partial charge < -0.3 is 0 Å². The molecule has 0 atom stereocenters. The van der Waals surface area contributed by atoms with Crippen LogP contribution >= 0.6 is 11.8 Å². The van der Waals surface area contributed by atoms with Gasteiger partial charge in [-0.1, -0.05) is 77.6 Å². The number of allylic oxidation sites excluding steroid dienone is 4. The van der Waals surface area contributed by atoms with Crippen molar-refractivity contribution in [3.05, 3.63) is 34.6 Å². The summed E-state index contributed by atoms with van der Waals surface area (Å²) in [4.78, 5) is 1.34. The molecule has 0 spiro atoms. The minimum Gasteiger partial charge on any atom is -0.0988 e. The van der Waals surface area contributed by atoms with Crippen LogP contribution in [0.5, 0.6) is 0 Å². The fraction of sp³-hybridized carbons (Fsp3) is 0.600. The zero-order valence-electron chi connectivity index (χ0n) is 12.2. The van der Waals surface area contributed by atoms with E-state index in [-0.39, 0.29) is 0 Å². The first-order valence-electron chi connectivity index (χ1n) is 6.49. The Balaban J connectivity index is -0.000000376. The zero-order valence-corrected chi connectivity index (χ0v) is 13.0. The molecule has 0 amide bonds. The number of hydrogen-bond donors (Lipinski definition) is 0. The fourth-order valence-electron chi connectivity index (χ4n) is 0.737. The lowest BCUT2D eigenvalue weighted by Gasteiger charge is -1.95. The topological polar surface area (TPSA) is 0 Å². The second-order valence-corrected chi connectivity index (χ2v) is 3.39. The highest BCUT2D eigenvalue weighted by atomic mass is 32.2. The molecule has 0 saturated heterocycles. The van der Waals surface area contributed by atoms with Crippen molar-refractivity contribution in [1.29, 1.82) is 0 Å². The van der Waals surface area contributed by atoms with Crippen LogP contribution in [0.2, 0.25) is 0 Å². The molecule has 0 rings (SSSR count). The SMILES string of the molecule is C/C=C\SC(=C\CC)/C=C/CC.CC.CC. The van der Waals surface area contributed by atoms with Crippen LogP contribution in [0.4, 0.5) is 0 Å². The van der Waals surface area contributed by atoms with E-state index in [9.17, 15) is 0 Å². The first kappa shape index (κ1) is 20.9. The van der Waals surface area contributed by atoms with Crippen LogP contribution in [0.3, 0.4) is 0 Å². The molecular formula is C15H30S. The Morgan fingerprint density at radius 2 is 1.56 bits per heavy atom.